The lowest BCUT2D eigenvalue weighted by Crippen LogP contribution is -2.15. The fourth-order valence-electron chi connectivity index (χ4n) is 3.31. The van der Waals surface area contributed by atoms with Gasteiger partial charge in [-0.25, -0.2) is 9.67 Å². The van der Waals surface area contributed by atoms with Crippen LogP contribution < -0.4 is 5.32 Å². The van der Waals surface area contributed by atoms with Gasteiger partial charge in [0.25, 0.3) is 0 Å². The van der Waals surface area contributed by atoms with E-state index in [9.17, 15) is 0 Å². The van der Waals surface area contributed by atoms with E-state index in [1.54, 1.807) is 6.20 Å². The van der Waals surface area contributed by atoms with Crippen LogP contribution in [0.2, 0.25) is 0 Å². The molecule has 0 fully saturated rings. The molecule has 4 aromatic rings. The monoisotopic (exact) mass is 345 g/mol. The van der Waals surface area contributed by atoms with Gasteiger partial charge in [-0.05, 0) is 49.2 Å². The molecular weight excluding hydrogens is 322 g/mol. The minimum atomic E-state index is 0.788. The van der Waals surface area contributed by atoms with E-state index < -0.39 is 0 Å². The fourth-order valence-corrected chi connectivity index (χ4v) is 3.31. The third-order valence-corrected chi connectivity index (χ3v) is 4.80. The van der Waals surface area contributed by atoms with Crippen LogP contribution in [0.3, 0.4) is 0 Å². The Hall–Kier alpha value is -2.92. The zero-order valence-corrected chi connectivity index (χ0v) is 15.4. The predicted octanol–water partition coefficient (Wildman–Crippen LogP) is 3.67. The Morgan fingerprint density at radius 2 is 1.92 bits per heavy atom. The number of hydrogen-bond donors (Lipinski definition) is 1. The van der Waals surface area contributed by atoms with E-state index in [1.165, 1.54) is 22.2 Å². The van der Waals surface area contributed by atoms with Crippen LogP contribution in [0.1, 0.15) is 22.5 Å². The van der Waals surface area contributed by atoms with E-state index in [4.69, 9.17) is 0 Å². The molecule has 0 spiro atoms. The number of rotatable bonds is 5. The molecule has 0 radical (unpaired) electrons. The van der Waals surface area contributed by atoms with Gasteiger partial charge in [-0.1, -0.05) is 23.8 Å². The van der Waals surface area contributed by atoms with Crippen LogP contribution in [-0.2, 0) is 20.1 Å². The van der Waals surface area contributed by atoms with Crippen molar-refractivity contribution in [2.24, 2.45) is 7.05 Å². The Morgan fingerprint density at radius 1 is 1.04 bits per heavy atom. The average molecular weight is 345 g/mol. The molecule has 1 N–H and O–H groups in total. The molecular formula is C21H23N5. The first-order valence-corrected chi connectivity index (χ1v) is 8.84. The van der Waals surface area contributed by atoms with Gasteiger partial charge in [0, 0.05) is 32.5 Å². The summed E-state index contributed by atoms with van der Waals surface area (Å²) in [6, 6.07) is 14.9. The molecule has 0 atom stereocenters. The molecule has 132 valence electrons. The lowest BCUT2D eigenvalue weighted by molar-refractivity contribution is 0.686. The van der Waals surface area contributed by atoms with Crippen LogP contribution in [0, 0.1) is 13.8 Å². The summed E-state index contributed by atoms with van der Waals surface area (Å²) in [6.07, 6.45) is 3.78. The first kappa shape index (κ1) is 16.5. The number of imidazole rings is 1. The number of nitrogens with zero attached hydrogens (tertiary/aromatic N) is 4. The molecule has 5 nitrogen and oxygen atoms in total. The second-order valence-corrected chi connectivity index (χ2v) is 6.73. The molecule has 0 unspecified atom stereocenters. The Bertz CT molecular complexity index is 1040. The molecule has 0 aliphatic carbocycles. The zero-order valence-electron chi connectivity index (χ0n) is 15.4. The summed E-state index contributed by atoms with van der Waals surface area (Å²) in [5.74, 6) is 1.04. The molecule has 26 heavy (non-hydrogen) atoms. The van der Waals surface area contributed by atoms with E-state index in [1.807, 2.05) is 23.9 Å². The van der Waals surface area contributed by atoms with Gasteiger partial charge in [0.15, 0.2) is 0 Å². The fraction of sp³-hybridized carbons (Fsp3) is 0.238. The lowest BCUT2D eigenvalue weighted by atomic mass is 10.1. The van der Waals surface area contributed by atoms with Crippen LogP contribution in [0.15, 0.2) is 54.9 Å². The largest absolute Gasteiger partial charge is 0.331 e. The van der Waals surface area contributed by atoms with Crippen molar-refractivity contribution >= 4 is 11.0 Å². The minimum absolute atomic E-state index is 0.788. The molecule has 0 aliphatic rings. The van der Waals surface area contributed by atoms with Crippen molar-refractivity contribution in [3.05, 3.63) is 77.4 Å². The predicted molar refractivity (Wildman–Crippen MR) is 104 cm³/mol. The number of aryl methyl sites for hydroxylation is 3. The Kier molecular flexibility index (Phi) is 4.31. The van der Waals surface area contributed by atoms with Crippen molar-refractivity contribution in [2.75, 3.05) is 0 Å². The highest BCUT2D eigenvalue weighted by molar-refractivity contribution is 5.76. The number of hydrogen-bond acceptors (Lipinski definition) is 3. The molecule has 4 rings (SSSR count). The standard InChI is InChI=1S/C21H23N5/c1-15-5-7-20(26-10-4-9-23-26)18(11-15)14-22-13-17-6-8-21-19(12-17)24-16(2)25(21)3/h4-12,22H,13-14H2,1-3H3. The molecule has 0 bridgehead atoms. The van der Waals surface area contributed by atoms with Crippen molar-refractivity contribution in [1.29, 1.82) is 0 Å². The molecule has 2 heterocycles. The van der Waals surface area contributed by atoms with Crippen molar-refractivity contribution in [2.45, 2.75) is 26.9 Å². The summed E-state index contributed by atoms with van der Waals surface area (Å²) in [6.45, 7) is 5.74. The van der Waals surface area contributed by atoms with Gasteiger partial charge in [0.2, 0.25) is 0 Å². The summed E-state index contributed by atoms with van der Waals surface area (Å²) in [4.78, 5) is 4.62. The number of benzene rings is 2. The quantitative estimate of drug-likeness (QED) is 0.600. The van der Waals surface area contributed by atoms with Crippen molar-refractivity contribution in [3.63, 3.8) is 0 Å². The van der Waals surface area contributed by atoms with E-state index >= 15 is 0 Å². The first-order valence-electron chi connectivity index (χ1n) is 8.84. The smallest absolute Gasteiger partial charge is 0.106 e. The van der Waals surface area contributed by atoms with Gasteiger partial charge in [-0.3, -0.25) is 0 Å². The van der Waals surface area contributed by atoms with Gasteiger partial charge in [0.1, 0.15) is 5.82 Å². The maximum atomic E-state index is 4.62. The number of fused-ring (bicyclic) bond motifs is 1. The highest BCUT2D eigenvalue weighted by Gasteiger charge is 2.07. The van der Waals surface area contributed by atoms with E-state index in [0.29, 0.717) is 0 Å². The molecule has 0 saturated carbocycles. The van der Waals surface area contributed by atoms with Gasteiger partial charge < -0.3 is 9.88 Å². The Balaban J connectivity index is 1.51. The summed E-state index contributed by atoms with van der Waals surface area (Å²) in [5, 5.41) is 7.92. The van der Waals surface area contributed by atoms with E-state index in [2.05, 4.69) is 70.3 Å². The zero-order chi connectivity index (χ0) is 18.1. The van der Waals surface area contributed by atoms with Crippen LogP contribution in [0.5, 0.6) is 0 Å². The molecule has 0 amide bonds. The average Bonchev–Trinajstić information content (AvgIpc) is 3.24. The minimum Gasteiger partial charge on any atom is -0.331 e. The Morgan fingerprint density at radius 3 is 2.73 bits per heavy atom. The normalized spacial score (nSPS) is 11.3. The van der Waals surface area contributed by atoms with Gasteiger partial charge in [-0.15, -0.1) is 0 Å². The van der Waals surface area contributed by atoms with E-state index in [-0.39, 0.29) is 0 Å². The van der Waals surface area contributed by atoms with Crippen LogP contribution >= 0.6 is 0 Å². The molecule has 2 aromatic carbocycles. The Labute approximate surface area is 153 Å². The SMILES string of the molecule is Cc1ccc(-n2cccn2)c(CNCc2ccc3c(c2)nc(C)n3C)c1. The van der Waals surface area contributed by atoms with Crippen LogP contribution in [-0.4, -0.2) is 19.3 Å². The maximum absolute atomic E-state index is 4.62. The second-order valence-electron chi connectivity index (χ2n) is 6.73. The van der Waals surface area contributed by atoms with Gasteiger partial charge in [0.05, 0.1) is 16.7 Å². The molecule has 0 aliphatic heterocycles. The lowest BCUT2D eigenvalue weighted by Gasteiger charge is -2.12. The van der Waals surface area contributed by atoms with Gasteiger partial charge >= 0.3 is 0 Å². The number of nitrogens with one attached hydrogen (secondary N) is 1. The third kappa shape index (κ3) is 3.13. The van der Waals surface area contributed by atoms with Crippen molar-refractivity contribution in [3.8, 4) is 5.69 Å². The second kappa shape index (κ2) is 6.77. The van der Waals surface area contributed by atoms with Crippen LogP contribution in [0.25, 0.3) is 16.7 Å². The topological polar surface area (TPSA) is 47.7 Å². The molecule has 2 aromatic heterocycles. The summed E-state index contributed by atoms with van der Waals surface area (Å²) in [7, 11) is 2.05. The highest BCUT2D eigenvalue weighted by atomic mass is 15.3. The summed E-state index contributed by atoms with van der Waals surface area (Å²) >= 11 is 0. The highest BCUT2D eigenvalue weighted by Crippen LogP contribution is 2.18. The number of aromatic nitrogens is 4. The summed E-state index contributed by atoms with van der Waals surface area (Å²) in [5.41, 5.74) is 7.07. The van der Waals surface area contributed by atoms with Crippen LogP contribution in [0.4, 0.5) is 0 Å². The van der Waals surface area contributed by atoms with Crippen molar-refractivity contribution < 1.29 is 0 Å². The summed E-state index contributed by atoms with van der Waals surface area (Å²) < 4.78 is 4.04. The third-order valence-electron chi connectivity index (χ3n) is 4.80. The van der Waals surface area contributed by atoms with Crippen molar-refractivity contribution in [1.82, 2.24) is 24.6 Å². The molecule has 0 saturated heterocycles. The maximum Gasteiger partial charge on any atom is 0.106 e. The molecule has 5 heteroatoms. The van der Waals surface area contributed by atoms with Gasteiger partial charge in [-0.2, -0.15) is 5.10 Å². The first-order chi connectivity index (χ1) is 12.6. The van der Waals surface area contributed by atoms with E-state index in [0.717, 1.165) is 30.1 Å².